The number of hydrogen-bond donors (Lipinski definition) is 1. The molecule has 0 unspecified atom stereocenters. The molecule has 0 aliphatic carbocycles. The topological polar surface area (TPSA) is 74.0 Å². The summed E-state index contributed by atoms with van der Waals surface area (Å²) >= 11 is 5.66. The summed E-state index contributed by atoms with van der Waals surface area (Å²) in [4.78, 5) is 14.2. The molecule has 3 rings (SSSR count). The summed E-state index contributed by atoms with van der Waals surface area (Å²) in [6, 6.07) is 13.6. The molecule has 7 heteroatoms. The molecule has 1 saturated heterocycles. The predicted octanol–water partition coefficient (Wildman–Crippen LogP) is 3.33. The normalized spacial score (nSPS) is 14.3. The molecule has 2 aromatic carbocycles. The molecule has 30 heavy (non-hydrogen) atoms. The van der Waals surface area contributed by atoms with Crippen molar-refractivity contribution in [2.24, 2.45) is 11.7 Å². The van der Waals surface area contributed by atoms with Gasteiger partial charge >= 0.3 is 0 Å². The van der Waals surface area contributed by atoms with Crippen molar-refractivity contribution in [3.05, 3.63) is 53.6 Å². The second-order valence-electron chi connectivity index (χ2n) is 7.30. The number of primary amides is 1. The van der Waals surface area contributed by atoms with Gasteiger partial charge in [0.1, 0.15) is 24.0 Å². The fraction of sp³-hybridized carbons (Fsp3) is 0.391. The molecule has 6 nitrogen and oxygen atoms in total. The van der Waals surface area contributed by atoms with E-state index in [4.69, 9.17) is 32.2 Å². The summed E-state index contributed by atoms with van der Waals surface area (Å²) in [6.07, 6.45) is 1.46. The van der Waals surface area contributed by atoms with Crippen molar-refractivity contribution in [3.8, 4) is 17.2 Å². The quantitative estimate of drug-likeness (QED) is 0.514. The summed E-state index contributed by atoms with van der Waals surface area (Å²) in [7, 11) is 1.61. The number of methoxy groups -OCH3 is 1. The van der Waals surface area contributed by atoms with Gasteiger partial charge in [-0.1, -0.05) is 30.4 Å². The number of aryl methyl sites for hydroxylation is 1. The number of rotatable bonds is 8. The average Bonchev–Trinajstić information content (AvgIpc) is 2.77. The zero-order valence-electron chi connectivity index (χ0n) is 17.4. The molecule has 1 aliphatic heterocycles. The van der Waals surface area contributed by atoms with E-state index in [2.05, 4.69) is 4.90 Å². The molecule has 2 N–H and O–H groups in total. The maximum Gasteiger partial charge on any atom is 0.220 e. The Balaban J connectivity index is 1.56. The van der Waals surface area contributed by atoms with E-state index in [1.807, 2.05) is 49.4 Å². The molecule has 1 aliphatic rings. The van der Waals surface area contributed by atoms with Crippen molar-refractivity contribution in [2.45, 2.75) is 19.8 Å². The number of hydrogen-bond acceptors (Lipinski definition) is 5. The Bertz CT molecular complexity index is 895. The van der Waals surface area contributed by atoms with E-state index in [0.29, 0.717) is 24.7 Å². The summed E-state index contributed by atoms with van der Waals surface area (Å²) in [6.45, 7) is 4.29. The van der Waals surface area contributed by atoms with E-state index in [1.165, 1.54) is 0 Å². The molecule has 1 amide bonds. The fourth-order valence-corrected chi connectivity index (χ4v) is 3.80. The van der Waals surface area contributed by atoms with Crippen molar-refractivity contribution in [1.82, 2.24) is 4.90 Å². The van der Waals surface area contributed by atoms with Crippen LogP contribution in [-0.2, 0) is 4.79 Å². The Morgan fingerprint density at radius 3 is 2.37 bits per heavy atom. The number of carbonyl (C=O) groups is 1. The van der Waals surface area contributed by atoms with Gasteiger partial charge in [0, 0.05) is 24.6 Å². The number of ether oxygens (including phenoxy) is 3. The van der Waals surface area contributed by atoms with Gasteiger partial charge in [-0.05, 0) is 49.6 Å². The molecule has 0 bridgehead atoms. The Labute approximate surface area is 182 Å². The Morgan fingerprint density at radius 2 is 1.73 bits per heavy atom. The third kappa shape index (κ3) is 5.42. The number of nitrogens with two attached hydrogens (primary N) is 1. The van der Waals surface area contributed by atoms with Gasteiger partial charge in [0.2, 0.25) is 5.91 Å². The monoisotopic (exact) mass is 428 g/mol. The average molecular weight is 429 g/mol. The van der Waals surface area contributed by atoms with E-state index in [9.17, 15) is 4.79 Å². The highest BCUT2D eigenvalue weighted by molar-refractivity contribution is 7.80. The van der Waals surface area contributed by atoms with Crippen LogP contribution >= 0.6 is 12.2 Å². The van der Waals surface area contributed by atoms with E-state index in [0.717, 1.165) is 47.8 Å². The zero-order chi connectivity index (χ0) is 21.5. The number of nitrogens with zero attached hydrogens (tertiary/aromatic N) is 1. The van der Waals surface area contributed by atoms with Crippen molar-refractivity contribution in [1.29, 1.82) is 0 Å². The summed E-state index contributed by atoms with van der Waals surface area (Å²) in [5.41, 5.74) is 7.40. The molecular weight excluding hydrogens is 400 g/mol. The first-order valence-corrected chi connectivity index (χ1v) is 10.5. The maximum absolute atomic E-state index is 11.4. The Hall–Kier alpha value is -2.80. The smallest absolute Gasteiger partial charge is 0.220 e. The van der Waals surface area contributed by atoms with Gasteiger partial charge in [-0.2, -0.15) is 0 Å². The highest BCUT2D eigenvalue weighted by Gasteiger charge is 2.25. The molecule has 0 aromatic heterocycles. The number of likely N-dealkylation sites (tertiary alicyclic amines) is 1. The van der Waals surface area contributed by atoms with Gasteiger partial charge in [0.25, 0.3) is 0 Å². The van der Waals surface area contributed by atoms with Crippen LogP contribution in [0.1, 0.15) is 24.0 Å². The van der Waals surface area contributed by atoms with Gasteiger partial charge in [0.05, 0.1) is 7.11 Å². The number of carbonyl (C=O) groups excluding carboxylic acids is 1. The first-order valence-electron chi connectivity index (χ1n) is 10.1. The van der Waals surface area contributed by atoms with Gasteiger partial charge in [0.15, 0.2) is 11.5 Å². The second-order valence-corrected chi connectivity index (χ2v) is 7.68. The third-order valence-electron chi connectivity index (χ3n) is 5.29. The van der Waals surface area contributed by atoms with E-state index in [-0.39, 0.29) is 11.8 Å². The largest absolute Gasteiger partial charge is 0.493 e. The Kier molecular flexibility index (Phi) is 7.52. The molecule has 0 atom stereocenters. The van der Waals surface area contributed by atoms with Crippen molar-refractivity contribution < 1.29 is 19.0 Å². The highest BCUT2D eigenvalue weighted by Crippen LogP contribution is 2.29. The van der Waals surface area contributed by atoms with Crippen LogP contribution in [-0.4, -0.2) is 49.2 Å². The summed E-state index contributed by atoms with van der Waals surface area (Å²) < 4.78 is 17.1. The van der Waals surface area contributed by atoms with E-state index in [1.54, 1.807) is 7.11 Å². The highest BCUT2D eigenvalue weighted by atomic mass is 32.1. The van der Waals surface area contributed by atoms with Gasteiger partial charge < -0.3 is 24.8 Å². The molecular formula is C23H28N2O4S. The zero-order valence-corrected chi connectivity index (χ0v) is 18.2. The lowest BCUT2D eigenvalue weighted by Crippen LogP contribution is -2.41. The molecule has 0 saturated carbocycles. The summed E-state index contributed by atoms with van der Waals surface area (Å²) in [5, 5.41) is 0. The third-order valence-corrected chi connectivity index (χ3v) is 5.78. The standard InChI is InChI=1S/C23H28N2O4S/c1-16-5-3-4-6-19(16)28-13-14-29-20-8-7-18(15-21(20)27-2)23(30)25-11-9-17(10-12-25)22(24)26/h3-8,15,17H,9-14H2,1-2H3,(H2,24,26). The lowest BCUT2D eigenvalue weighted by molar-refractivity contribution is -0.122. The van der Waals surface area contributed by atoms with Gasteiger partial charge in [-0.25, -0.2) is 0 Å². The van der Waals surface area contributed by atoms with Crippen LogP contribution in [0.2, 0.25) is 0 Å². The fourth-order valence-electron chi connectivity index (χ4n) is 3.49. The molecule has 1 heterocycles. The second kappa shape index (κ2) is 10.3. The number of thiocarbonyl (C=S) groups is 1. The van der Waals surface area contributed by atoms with E-state index >= 15 is 0 Å². The van der Waals surface area contributed by atoms with Crippen LogP contribution in [0.3, 0.4) is 0 Å². The Morgan fingerprint density at radius 1 is 1.07 bits per heavy atom. The summed E-state index contributed by atoms with van der Waals surface area (Å²) in [5.74, 6) is 1.84. The molecule has 1 fully saturated rings. The minimum atomic E-state index is -0.227. The lowest BCUT2D eigenvalue weighted by Gasteiger charge is -2.32. The maximum atomic E-state index is 11.4. The number of amides is 1. The number of para-hydroxylation sites is 1. The first kappa shape index (κ1) is 21.9. The molecule has 0 radical (unpaired) electrons. The van der Waals surface area contributed by atoms with Crippen LogP contribution in [0.25, 0.3) is 0 Å². The van der Waals surface area contributed by atoms with Crippen molar-refractivity contribution in [2.75, 3.05) is 33.4 Å². The first-order chi connectivity index (χ1) is 14.5. The number of benzene rings is 2. The predicted molar refractivity (Wildman–Crippen MR) is 120 cm³/mol. The van der Waals surface area contributed by atoms with Crippen LogP contribution in [0.15, 0.2) is 42.5 Å². The van der Waals surface area contributed by atoms with Gasteiger partial charge in [-0.15, -0.1) is 0 Å². The lowest BCUT2D eigenvalue weighted by atomic mass is 9.96. The van der Waals surface area contributed by atoms with Gasteiger partial charge in [-0.3, -0.25) is 4.79 Å². The number of piperidine rings is 1. The van der Waals surface area contributed by atoms with Crippen LogP contribution in [0.5, 0.6) is 17.2 Å². The van der Waals surface area contributed by atoms with E-state index < -0.39 is 0 Å². The van der Waals surface area contributed by atoms with Crippen LogP contribution < -0.4 is 19.9 Å². The minimum absolute atomic E-state index is 0.0590. The molecule has 2 aromatic rings. The van der Waals surface area contributed by atoms with Crippen LogP contribution in [0.4, 0.5) is 0 Å². The minimum Gasteiger partial charge on any atom is -0.493 e. The van der Waals surface area contributed by atoms with Crippen LogP contribution in [0, 0.1) is 12.8 Å². The molecule has 0 spiro atoms. The SMILES string of the molecule is COc1cc(C(=S)N2CCC(C(N)=O)CC2)ccc1OCCOc1ccccc1C. The van der Waals surface area contributed by atoms with Crippen molar-refractivity contribution >= 4 is 23.1 Å². The van der Waals surface area contributed by atoms with Crippen molar-refractivity contribution in [3.63, 3.8) is 0 Å². The molecule has 160 valence electrons.